The van der Waals surface area contributed by atoms with Crippen LogP contribution in [0.25, 0.3) is 0 Å². The van der Waals surface area contributed by atoms with Gasteiger partial charge in [0.05, 0.1) is 0 Å². The largest absolute Gasteiger partial charge is 0.457 e. The minimum absolute atomic E-state index is 0.121. The van der Waals surface area contributed by atoms with E-state index in [0.29, 0.717) is 6.54 Å². The van der Waals surface area contributed by atoms with Gasteiger partial charge in [0.2, 0.25) is 5.91 Å². The van der Waals surface area contributed by atoms with Crippen LogP contribution >= 0.6 is 0 Å². The molecule has 146 valence electrons. The minimum atomic E-state index is 0.121. The maximum atomic E-state index is 13.1. The molecule has 0 aliphatic heterocycles. The first kappa shape index (κ1) is 21.0. The molecule has 0 spiro atoms. The Morgan fingerprint density at radius 1 is 1.00 bits per heavy atom. The van der Waals surface area contributed by atoms with Gasteiger partial charge in [0.15, 0.2) is 0 Å². The van der Waals surface area contributed by atoms with E-state index in [9.17, 15) is 4.79 Å². The SMILES string of the molecule is CCCCC(CC)C(=O)N(Cc1cccc(Oc2ccccc2)c1)C(C)C. The van der Waals surface area contributed by atoms with E-state index in [1.54, 1.807) is 0 Å². The Kier molecular flexibility index (Phi) is 8.38. The Labute approximate surface area is 164 Å². The van der Waals surface area contributed by atoms with Gasteiger partial charge in [-0.05, 0) is 56.5 Å². The molecule has 0 fully saturated rings. The van der Waals surface area contributed by atoms with Crippen molar-refractivity contribution in [3.05, 3.63) is 60.2 Å². The molecule has 3 heteroatoms. The van der Waals surface area contributed by atoms with Gasteiger partial charge in [-0.2, -0.15) is 0 Å². The highest BCUT2D eigenvalue weighted by Gasteiger charge is 2.24. The highest BCUT2D eigenvalue weighted by Crippen LogP contribution is 2.24. The maximum absolute atomic E-state index is 13.1. The van der Waals surface area contributed by atoms with E-state index in [1.165, 1.54) is 0 Å². The Hall–Kier alpha value is -2.29. The number of carbonyl (C=O) groups is 1. The van der Waals surface area contributed by atoms with Gasteiger partial charge in [0.1, 0.15) is 11.5 Å². The molecule has 1 amide bonds. The van der Waals surface area contributed by atoms with Gasteiger partial charge in [0.25, 0.3) is 0 Å². The molecule has 2 aromatic carbocycles. The average Bonchev–Trinajstić information content (AvgIpc) is 2.67. The Bertz CT molecular complexity index is 697. The number of para-hydroxylation sites is 1. The predicted molar refractivity (Wildman–Crippen MR) is 112 cm³/mol. The van der Waals surface area contributed by atoms with Gasteiger partial charge >= 0.3 is 0 Å². The van der Waals surface area contributed by atoms with Gasteiger partial charge in [-0.25, -0.2) is 0 Å². The average molecular weight is 368 g/mol. The molecule has 2 rings (SSSR count). The zero-order chi connectivity index (χ0) is 19.6. The quantitative estimate of drug-likeness (QED) is 0.484. The second kappa shape index (κ2) is 10.8. The second-order valence-electron chi connectivity index (χ2n) is 7.37. The van der Waals surface area contributed by atoms with E-state index in [2.05, 4.69) is 33.8 Å². The van der Waals surface area contributed by atoms with Crippen molar-refractivity contribution < 1.29 is 9.53 Å². The summed E-state index contributed by atoms with van der Waals surface area (Å²) in [5.74, 6) is 2.01. The molecule has 0 saturated heterocycles. The van der Waals surface area contributed by atoms with E-state index in [1.807, 2.05) is 53.4 Å². The maximum Gasteiger partial charge on any atom is 0.226 e. The molecule has 0 saturated carbocycles. The second-order valence-corrected chi connectivity index (χ2v) is 7.37. The fourth-order valence-corrected chi connectivity index (χ4v) is 3.23. The van der Waals surface area contributed by atoms with Crippen LogP contribution in [0.3, 0.4) is 0 Å². The van der Waals surface area contributed by atoms with Gasteiger partial charge < -0.3 is 9.64 Å². The summed E-state index contributed by atoms with van der Waals surface area (Å²) in [6.07, 6.45) is 4.12. The van der Waals surface area contributed by atoms with Gasteiger partial charge in [-0.3, -0.25) is 4.79 Å². The van der Waals surface area contributed by atoms with Crippen molar-refractivity contribution in [3.8, 4) is 11.5 Å². The molecule has 0 aliphatic carbocycles. The van der Waals surface area contributed by atoms with Crippen LogP contribution in [-0.4, -0.2) is 16.8 Å². The van der Waals surface area contributed by atoms with Crippen LogP contribution in [0.15, 0.2) is 54.6 Å². The summed E-state index contributed by atoms with van der Waals surface area (Å²) in [7, 11) is 0. The van der Waals surface area contributed by atoms with Gasteiger partial charge in [0, 0.05) is 18.5 Å². The van der Waals surface area contributed by atoms with Crippen LogP contribution in [0.4, 0.5) is 0 Å². The van der Waals surface area contributed by atoms with Crippen molar-refractivity contribution in [2.75, 3.05) is 0 Å². The van der Waals surface area contributed by atoms with E-state index >= 15 is 0 Å². The monoisotopic (exact) mass is 367 g/mol. The van der Waals surface area contributed by atoms with E-state index in [-0.39, 0.29) is 17.9 Å². The molecule has 1 unspecified atom stereocenters. The lowest BCUT2D eigenvalue weighted by molar-refractivity contribution is -0.138. The molecule has 3 nitrogen and oxygen atoms in total. The van der Waals surface area contributed by atoms with E-state index in [4.69, 9.17) is 4.74 Å². The molecule has 0 aromatic heterocycles. The Morgan fingerprint density at radius 3 is 2.33 bits per heavy atom. The summed E-state index contributed by atoms with van der Waals surface area (Å²) >= 11 is 0. The summed E-state index contributed by atoms with van der Waals surface area (Å²) in [6.45, 7) is 9.09. The Balaban J connectivity index is 2.11. The molecule has 1 atom stereocenters. The zero-order valence-electron chi connectivity index (χ0n) is 17.2. The number of amides is 1. The van der Waals surface area contributed by atoms with Crippen LogP contribution in [0.1, 0.15) is 58.9 Å². The molecule has 0 bridgehead atoms. The number of hydrogen-bond acceptors (Lipinski definition) is 2. The number of nitrogens with zero attached hydrogens (tertiary/aromatic N) is 1. The number of unbranched alkanes of at least 4 members (excludes halogenated alkanes) is 1. The van der Waals surface area contributed by atoms with Crippen LogP contribution < -0.4 is 4.74 Å². The van der Waals surface area contributed by atoms with Crippen LogP contribution in [0.5, 0.6) is 11.5 Å². The molecular formula is C24H33NO2. The third kappa shape index (κ3) is 6.42. The molecule has 0 heterocycles. The lowest BCUT2D eigenvalue weighted by atomic mass is 9.97. The third-order valence-corrected chi connectivity index (χ3v) is 4.88. The lowest BCUT2D eigenvalue weighted by Gasteiger charge is -2.30. The summed E-state index contributed by atoms with van der Waals surface area (Å²) in [5.41, 5.74) is 1.09. The molecule has 27 heavy (non-hydrogen) atoms. The van der Waals surface area contributed by atoms with Crippen LogP contribution in [-0.2, 0) is 11.3 Å². The zero-order valence-corrected chi connectivity index (χ0v) is 17.2. The number of carbonyl (C=O) groups excluding carboxylic acids is 1. The first-order valence-electron chi connectivity index (χ1n) is 10.2. The standard InChI is InChI=1S/C24H33NO2/c1-5-7-13-21(6-2)24(26)25(19(3)4)18-20-12-11-16-23(17-20)27-22-14-9-8-10-15-22/h8-12,14-17,19,21H,5-7,13,18H2,1-4H3. The number of benzene rings is 2. The van der Waals surface area contributed by atoms with Crippen molar-refractivity contribution >= 4 is 5.91 Å². The Morgan fingerprint density at radius 2 is 1.70 bits per heavy atom. The molecule has 0 N–H and O–H groups in total. The molecule has 0 aliphatic rings. The number of hydrogen-bond donors (Lipinski definition) is 0. The first-order chi connectivity index (χ1) is 13.0. The van der Waals surface area contributed by atoms with Crippen molar-refractivity contribution in [1.82, 2.24) is 4.90 Å². The number of ether oxygens (including phenoxy) is 1. The van der Waals surface area contributed by atoms with Crippen molar-refractivity contribution in [2.24, 2.45) is 5.92 Å². The molecule has 0 radical (unpaired) electrons. The summed E-state index contributed by atoms with van der Waals surface area (Å²) in [6, 6.07) is 18.0. The smallest absolute Gasteiger partial charge is 0.226 e. The van der Waals surface area contributed by atoms with E-state index < -0.39 is 0 Å². The van der Waals surface area contributed by atoms with Crippen LogP contribution in [0, 0.1) is 5.92 Å². The van der Waals surface area contributed by atoms with Crippen molar-refractivity contribution in [3.63, 3.8) is 0 Å². The number of rotatable bonds is 10. The minimum Gasteiger partial charge on any atom is -0.457 e. The normalized spacial score (nSPS) is 12.0. The van der Waals surface area contributed by atoms with Crippen molar-refractivity contribution in [2.45, 2.75) is 66.0 Å². The first-order valence-corrected chi connectivity index (χ1v) is 10.2. The van der Waals surface area contributed by atoms with E-state index in [0.717, 1.165) is 42.7 Å². The fraction of sp³-hybridized carbons (Fsp3) is 0.458. The summed E-state index contributed by atoms with van der Waals surface area (Å²) in [4.78, 5) is 15.1. The van der Waals surface area contributed by atoms with Crippen molar-refractivity contribution in [1.29, 1.82) is 0 Å². The van der Waals surface area contributed by atoms with Crippen LogP contribution in [0.2, 0.25) is 0 Å². The van der Waals surface area contributed by atoms with Gasteiger partial charge in [-0.1, -0.05) is 57.0 Å². The highest BCUT2D eigenvalue weighted by molar-refractivity contribution is 5.79. The molecule has 2 aromatic rings. The fourth-order valence-electron chi connectivity index (χ4n) is 3.23. The third-order valence-electron chi connectivity index (χ3n) is 4.88. The molecular weight excluding hydrogens is 334 g/mol. The summed E-state index contributed by atoms with van der Waals surface area (Å²) in [5, 5.41) is 0. The highest BCUT2D eigenvalue weighted by atomic mass is 16.5. The predicted octanol–water partition coefficient (Wildman–Crippen LogP) is 6.43. The topological polar surface area (TPSA) is 29.5 Å². The van der Waals surface area contributed by atoms with Gasteiger partial charge in [-0.15, -0.1) is 0 Å². The lowest BCUT2D eigenvalue weighted by Crippen LogP contribution is -2.40. The summed E-state index contributed by atoms with van der Waals surface area (Å²) < 4.78 is 5.94.